The summed E-state index contributed by atoms with van der Waals surface area (Å²) in [5, 5.41) is 0. The summed E-state index contributed by atoms with van der Waals surface area (Å²) in [6.07, 6.45) is -7.46. The molecular weight excluding hydrogens is 436 g/mol. The lowest BCUT2D eigenvalue weighted by Gasteiger charge is -2.40. The zero-order chi connectivity index (χ0) is 23.5. The van der Waals surface area contributed by atoms with Crippen molar-refractivity contribution in [2.45, 2.75) is 44.2 Å². The molecule has 9 heteroatoms. The predicted octanol–water partition coefficient (Wildman–Crippen LogP) is 6.24. The van der Waals surface area contributed by atoms with Crippen LogP contribution >= 0.6 is 0 Å². The first-order valence-corrected chi connectivity index (χ1v) is 10.1. The van der Waals surface area contributed by atoms with Crippen LogP contribution in [0.1, 0.15) is 47.6 Å². The summed E-state index contributed by atoms with van der Waals surface area (Å²) in [5.74, 6) is -0.351. The van der Waals surface area contributed by atoms with Crippen molar-refractivity contribution in [3.05, 3.63) is 70.8 Å². The summed E-state index contributed by atoms with van der Waals surface area (Å²) in [5.41, 5.74) is -0.157. The number of benzene rings is 2. The number of likely N-dealkylation sites (tertiary alicyclic amines) is 1. The van der Waals surface area contributed by atoms with Crippen molar-refractivity contribution in [1.29, 1.82) is 0 Å². The molecular formula is C23H23F6NO2. The van der Waals surface area contributed by atoms with E-state index in [1.807, 2.05) is 4.90 Å². The molecule has 174 valence electrons. The molecule has 0 amide bonds. The van der Waals surface area contributed by atoms with E-state index in [4.69, 9.17) is 4.74 Å². The third kappa shape index (κ3) is 6.03. The summed E-state index contributed by atoms with van der Waals surface area (Å²) in [4.78, 5) is 13.7. The van der Waals surface area contributed by atoms with Gasteiger partial charge in [0.1, 0.15) is 0 Å². The zero-order valence-electron chi connectivity index (χ0n) is 17.3. The summed E-state index contributed by atoms with van der Waals surface area (Å²) >= 11 is 0. The van der Waals surface area contributed by atoms with Gasteiger partial charge in [0.05, 0.1) is 18.2 Å². The van der Waals surface area contributed by atoms with E-state index < -0.39 is 23.5 Å². The SMILES string of the molecule is COC(=O)CC1CCN(Cc2ccc(C(F)(F)F)cc2)C(c2ccc(C(F)(F)F)cc2)C1. The molecule has 3 rings (SSSR count). The van der Waals surface area contributed by atoms with Crippen LogP contribution in [-0.4, -0.2) is 24.5 Å². The number of ether oxygens (including phenoxy) is 1. The number of carbonyl (C=O) groups is 1. The van der Waals surface area contributed by atoms with Crippen LogP contribution in [0.2, 0.25) is 0 Å². The number of carbonyl (C=O) groups excluding carboxylic acids is 1. The second-order valence-corrected chi connectivity index (χ2v) is 7.97. The first-order chi connectivity index (χ1) is 15.0. The Morgan fingerprint density at radius 3 is 1.97 bits per heavy atom. The third-order valence-electron chi connectivity index (χ3n) is 5.79. The van der Waals surface area contributed by atoms with E-state index in [-0.39, 0.29) is 24.3 Å². The molecule has 2 atom stereocenters. The molecule has 1 aliphatic rings. The van der Waals surface area contributed by atoms with Gasteiger partial charge >= 0.3 is 18.3 Å². The van der Waals surface area contributed by atoms with Crippen LogP contribution in [0.25, 0.3) is 0 Å². The Morgan fingerprint density at radius 1 is 0.938 bits per heavy atom. The fourth-order valence-electron chi connectivity index (χ4n) is 4.06. The summed E-state index contributed by atoms with van der Waals surface area (Å²) < 4.78 is 82.1. The standard InChI is InChI=1S/C23H23F6NO2/c1-32-21(31)13-16-10-11-30(14-15-2-6-18(7-3-15)22(24,25)26)20(12-16)17-4-8-19(9-5-17)23(27,28)29/h2-9,16,20H,10-14H2,1H3. The van der Waals surface area contributed by atoms with Crippen molar-refractivity contribution >= 4 is 5.97 Å². The van der Waals surface area contributed by atoms with Gasteiger partial charge in [0.25, 0.3) is 0 Å². The molecule has 3 nitrogen and oxygen atoms in total. The Bertz CT molecular complexity index is 906. The average Bonchev–Trinajstić information content (AvgIpc) is 2.74. The minimum Gasteiger partial charge on any atom is -0.469 e. The van der Waals surface area contributed by atoms with Gasteiger partial charge in [0.2, 0.25) is 0 Å². The molecule has 1 aliphatic heterocycles. The lowest BCUT2D eigenvalue weighted by Crippen LogP contribution is -2.37. The van der Waals surface area contributed by atoms with Gasteiger partial charge in [-0.1, -0.05) is 24.3 Å². The van der Waals surface area contributed by atoms with Crippen molar-refractivity contribution in [3.63, 3.8) is 0 Å². The Balaban J connectivity index is 1.82. The molecule has 0 radical (unpaired) electrons. The normalized spacial score (nSPS) is 20.2. The fourth-order valence-corrected chi connectivity index (χ4v) is 4.06. The smallest absolute Gasteiger partial charge is 0.416 e. The first-order valence-electron chi connectivity index (χ1n) is 10.1. The van der Waals surface area contributed by atoms with Gasteiger partial charge in [-0.3, -0.25) is 9.69 Å². The molecule has 1 saturated heterocycles. The van der Waals surface area contributed by atoms with Crippen LogP contribution in [0.3, 0.4) is 0 Å². The molecule has 0 aromatic heterocycles. The Hall–Kier alpha value is -2.55. The molecule has 0 aliphatic carbocycles. The maximum atomic E-state index is 12.9. The molecule has 0 N–H and O–H groups in total. The first kappa shape index (κ1) is 24.1. The number of methoxy groups -OCH3 is 1. The monoisotopic (exact) mass is 459 g/mol. The van der Waals surface area contributed by atoms with E-state index in [2.05, 4.69) is 0 Å². The van der Waals surface area contributed by atoms with Gasteiger partial charge in [-0.2, -0.15) is 26.3 Å². The van der Waals surface area contributed by atoms with Crippen molar-refractivity contribution in [3.8, 4) is 0 Å². The van der Waals surface area contributed by atoms with Gasteiger partial charge < -0.3 is 4.74 Å². The number of piperidine rings is 1. The second-order valence-electron chi connectivity index (χ2n) is 7.97. The Labute approximate surface area is 182 Å². The van der Waals surface area contributed by atoms with Gasteiger partial charge in [-0.15, -0.1) is 0 Å². The highest BCUT2D eigenvalue weighted by Crippen LogP contribution is 2.38. The maximum Gasteiger partial charge on any atom is 0.416 e. The molecule has 0 spiro atoms. The topological polar surface area (TPSA) is 29.5 Å². The number of halogens is 6. The second kappa shape index (κ2) is 9.52. The fraction of sp³-hybridized carbons (Fsp3) is 0.435. The van der Waals surface area contributed by atoms with Crippen molar-refractivity contribution in [1.82, 2.24) is 4.90 Å². The van der Waals surface area contributed by atoms with Crippen molar-refractivity contribution in [2.24, 2.45) is 5.92 Å². The van der Waals surface area contributed by atoms with Gasteiger partial charge in [0.15, 0.2) is 0 Å². The molecule has 2 unspecified atom stereocenters. The lowest BCUT2D eigenvalue weighted by molar-refractivity contribution is -0.142. The quantitative estimate of drug-likeness (QED) is 0.392. The highest BCUT2D eigenvalue weighted by Gasteiger charge is 2.34. The van der Waals surface area contributed by atoms with Crippen LogP contribution < -0.4 is 0 Å². The molecule has 0 saturated carbocycles. The minimum absolute atomic E-state index is 0.00130. The minimum atomic E-state index is -4.45. The van der Waals surface area contributed by atoms with E-state index in [0.717, 1.165) is 24.3 Å². The summed E-state index contributed by atoms with van der Waals surface area (Å²) in [7, 11) is 1.30. The number of rotatable bonds is 5. The summed E-state index contributed by atoms with van der Waals surface area (Å²) in [6.45, 7) is 0.892. The Morgan fingerprint density at radius 2 is 1.47 bits per heavy atom. The van der Waals surface area contributed by atoms with E-state index in [1.165, 1.54) is 31.4 Å². The van der Waals surface area contributed by atoms with Crippen LogP contribution in [0.5, 0.6) is 0 Å². The number of alkyl halides is 6. The molecule has 2 aromatic carbocycles. The molecule has 32 heavy (non-hydrogen) atoms. The highest BCUT2D eigenvalue weighted by molar-refractivity contribution is 5.69. The number of nitrogens with zero attached hydrogens (tertiary/aromatic N) is 1. The number of hydrogen-bond donors (Lipinski definition) is 0. The van der Waals surface area contributed by atoms with E-state index in [9.17, 15) is 31.1 Å². The Kier molecular flexibility index (Phi) is 7.17. The van der Waals surface area contributed by atoms with E-state index >= 15 is 0 Å². The number of hydrogen-bond acceptors (Lipinski definition) is 3. The van der Waals surface area contributed by atoms with Crippen molar-refractivity contribution in [2.75, 3.05) is 13.7 Å². The molecule has 1 heterocycles. The molecule has 2 aromatic rings. The van der Waals surface area contributed by atoms with E-state index in [0.29, 0.717) is 37.1 Å². The van der Waals surface area contributed by atoms with Gasteiger partial charge in [-0.05, 0) is 60.7 Å². The van der Waals surface area contributed by atoms with Gasteiger partial charge in [0, 0.05) is 19.0 Å². The van der Waals surface area contributed by atoms with Crippen LogP contribution in [-0.2, 0) is 28.4 Å². The van der Waals surface area contributed by atoms with Crippen molar-refractivity contribution < 1.29 is 35.9 Å². The lowest BCUT2D eigenvalue weighted by atomic mass is 9.84. The van der Waals surface area contributed by atoms with Gasteiger partial charge in [-0.25, -0.2) is 0 Å². The van der Waals surface area contributed by atoms with Crippen LogP contribution in [0.15, 0.2) is 48.5 Å². The zero-order valence-corrected chi connectivity index (χ0v) is 17.3. The maximum absolute atomic E-state index is 12.9. The highest BCUT2D eigenvalue weighted by atomic mass is 19.4. The van der Waals surface area contributed by atoms with E-state index in [1.54, 1.807) is 0 Å². The van der Waals surface area contributed by atoms with Crippen LogP contribution in [0.4, 0.5) is 26.3 Å². The van der Waals surface area contributed by atoms with Crippen LogP contribution in [0, 0.1) is 5.92 Å². The summed E-state index contributed by atoms with van der Waals surface area (Å²) in [6, 6.07) is 9.48. The average molecular weight is 459 g/mol. The molecule has 0 bridgehead atoms. The predicted molar refractivity (Wildman–Crippen MR) is 105 cm³/mol. The molecule has 1 fully saturated rings. The largest absolute Gasteiger partial charge is 0.469 e. The number of esters is 1. The third-order valence-corrected chi connectivity index (χ3v) is 5.79.